The van der Waals surface area contributed by atoms with Crippen LogP contribution in [0.5, 0.6) is 0 Å². The summed E-state index contributed by atoms with van der Waals surface area (Å²) in [6.45, 7) is 1.88. The number of fused-ring (bicyclic) bond motifs is 2. The standard InChI is InChI=1S/C23H29FN2O/c1-25(2)15-17-6-8-18(9-7-17)16-26-21-10-11-22(26)14-23(27,13-21)19-4-3-5-20(24)12-19/h3-9,12,21-22,27H,10-11,13-16H2,1-2H3/t21-,22+,23?. The van der Waals surface area contributed by atoms with Crippen LogP contribution in [0, 0.1) is 5.82 Å². The van der Waals surface area contributed by atoms with E-state index in [1.807, 2.05) is 6.07 Å². The zero-order valence-corrected chi connectivity index (χ0v) is 16.2. The van der Waals surface area contributed by atoms with Gasteiger partial charge in [0.15, 0.2) is 0 Å². The molecule has 2 fully saturated rings. The molecular formula is C23H29FN2O. The molecule has 1 unspecified atom stereocenters. The van der Waals surface area contributed by atoms with Crippen molar-refractivity contribution in [3.63, 3.8) is 0 Å². The van der Waals surface area contributed by atoms with Gasteiger partial charge in [0.2, 0.25) is 0 Å². The van der Waals surface area contributed by atoms with Gasteiger partial charge in [-0.05, 0) is 68.6 Å². The average molecular weight is 368 g/mol. The summed E-state index contributed by atoms with van der Waals surface area (Å²) in [6.07, 6.45) is 3.60. The summed E-state index contributed by atoms with van der Waals surface area (Å²) >= 11 is 0. The lowest BCUT2D eigenvalue weighted by Crippen LogP contribution is -2.49. The fraction of sp³-hybridized carbons (Fsp3) is 0.478. The molecule has 2 bridgehead atoms. The molecule has 4 heteroatoms. The molecule has 2 saturated heterocycles. The van der Waals surface area contributed by atoms with Crippen molar-refractivity contribution in [1.82, 2.24) is 9.80 Å². The molecule has 4 rings (SSSR count). The van der Waals surface area contributed by atoms with Gasteiger partial charge in [0.1, 0.15) is 5.82 Å². The number of nitrogens with zero attached hydrogens (tertiary/aromatic N) is 2. The highest BCUT2D eigenvalue weighted by atomic mass is 19.1. The van der Waals surface area contributed by atoms with Gasteiger partial charge in [0.05, 0.1) is 5.60 Å². The summed E-state index contributed by atoms with van der Waals surface area (Å²) in [5.41, 5.74) is 2.48. The molecule has 2 aromatic carbocycles. The van der Waals surface area contributed by atoms with Gasteiger partial charge in [0, 0.05) is 25.2 Å². The van der Waals surface area contributed by atoms with Crippen LogP contribution in [-0.2, 0) is 18.7 Å². The van der Waals surface area contributed by atoms with E-state index in [0.717, 1.165) is 31.5 Å². The topological polar surface area (TPSA) is 26.7 Å². The van der Waals surface area contributed by atoms with Gasteiger partial charge in [-0.15, -0.1) is 0 Å². The molecule has 0 aromatic heterocycles. The highest BCUT2D eigenvalue weighted by Crippen LogP contribution is 2.46. The maximum atomic E-state index is 13.7. The molecule has 2 aliphatic rings. The maximum Gasteiger partial charge on any atom is 0.123 e. The molecule has 0 amide bonds. The van der Waals surface area contributed by atoms with E-state index < -0.39 is 5.60 Å². The SMILES string of the molecule is CN(C)Cc1ccc(CN2[C@@H]3CC[C@H]2CC(O)(c2cccc(F)c2)C3)cc1. The number of aliphatic hydroxyl groups is 1. The van der Waals surface area contributed by atoms with Gasteiger partial charge in [-0.1, -0.05) is 36.4 Å². The molecule has 3 nitrogen and oxygen atoms in total. The van der Waals surface area contributed by atoms with E-state index >= 15 is 0 Å². The normalized spacial score (nSPS) is 28.0. The summed E-state index contributed by atoms with van der Waals surface area (Å²) in [5, 5.41) is 11.3. The van der Waals surface area contributed by atoms with Crippen LogP contribution in [0.4, 0.5) is 4.39 Å². The van der Waals surface area contributed by atoms with Crippen LogP contribution in [0.15, 0.2) is 48.5 Å². The highest BCUT2D eigenvalue weighted by Gasteiger charge is 2.48. The number of benzene rings is 2. The Bertz CT molecular complexity index is 775. The molecule has 0 spiro atoms. The Labute approximate surface area is 161 Å². The fourth-order valence-corrected chi connectivity index (χ4v) is 4.91. The molecule has 2 aliphatic heterocycles. The quantitative estimate of drug-likeness (QED) is 0.867. The van der Waals surface area contributed by atoms with Crippen LogP contribution in [0.25, 0.3) is 0 Å². The third-order valence-electron chi connectivity index (χ3n) is 6.17. The Balaban J connectivity index is 1.46. The smallest absolute Gasteiger partial charge is 0.123 e. The Morgan fingerprint density at radius 1 is 1.04 bits per heavy atom. The number of hydrogen-bond acceptors (Lipinski definition) is 3. The number of piperidine rings is 1. The van der Waals surface area contributed by atoms with Crippen molar-refractivity contribution in [2.24, 2.45) is 0 Å². The Hall–Kier alpha value is -1.75. The number of hydrogen-bond donors (Lipinski definition) is 1. The van der Waals surface area contributed by atoms with E-state index in [1.165, 1.54) is 23.3 Å². The number of rotatable bonds is 5. The zero-order valence-electron chi connectivity index (χ0n) is 16.2. The summed E-state index contributed by atoms with van der Waals surface area (Å²) in [5.74, 6) is -0.270. The van der Waals surface area contributed by atoms with Crippen molar-refractivity contribution in [2.75, 3.05) is 14.1 Å². The Kier molecular flexibility index (Phi) is 5.06. The van der Waals surface area contributed by atoms with E-state index in [0.29, 0.717) is 24.9 Å². The van der Waals surface area contributed by atoms with E-state index in [9.17, 15) is 9.50 Å². The first kappa shape index (κ1) is 18.6. The van der Waals surface area contributed by atoms with E-state index in [4.69, 9.17) is 0 Å². The molecule has 27 heavy (non-hydrogen) atoms. The minimum atomic E-state index is -0.903. The fourth-order valence-electron chi connectivity index (χ4n) is 4.91. The van der Waals surface area contributed by atoms with Gasteiger partial charge in [-0.3, -0.25) is 4.90 Å². The summed E-state index contributed by atoms with van der Waals surface area (Å²) in [6, 6.07) is 16.1. The van der Waals surface area contributed by atoms with Crippen LogP contribution in [0.1, 0.15) is 42.4 Å². The van der Waals surface area contributed by atoms with Crippen molar-refractivity contribution in [3.8, 4) is 0 Å². The summed E-state index contributed by atoms with van der Waals surface area (Å²) in [4.78, 5) is 4.72. The third-order valence-corrected chi connectivity index (χ3v) is 6.17. The van der Waals surface area contributed by atoms with Crippen molar-refractivity contribution in [1.29, 1.82) is 0 Å². The molecule has 0 saturated carbocycles. The highest BCUT2D eigenvalue weighted by molar-refractivity contribution is 5.27. The molecule has 144 valence electrons. The van der Waals surface area contributed by atoms with E-state index in [-0.39, 0.29) is 5.82 Å². The van der Waals surface area contributed by atoms with Crippen LogP contribution < -0.4 is 0 Å². The van der Waals surface area contributed by atoms with Gasteiger partial charge < -0.3 is 10.0 Å². The Morgan fingerprint density at radius 2 is 1.67 bits per heavy atom. The van der Waals surface area contributed by atoms with Gasteiger partial charge in [-0.25, -0.2) is 4.39 Å². The van der Waals surface area contributed by atoms with Gasteiger partial charge in [-0.2, -0.15) is 0 Å². The van der Waals surface area contributed by atoms with Crippen LogP contribution >= 0.6 is 0 Å². The lowest BCUT2D eigenvalue weighted by atomic mass is 9.80. The van der Waals surface area contributed by atoms with Crippen LogP contribution in [0.3, 0.4) is 0 Å². The Morgan fingerprint density at radius 3 is 2.26 bits per heavy atom. The first-order valence-electron chi connectivity index (χ1n) is 9.90. The minimum absolute atomic E-state index is 0.270. The largest absolute Gasteiger partial charge is 0.385 e. The summed E-state index contributed by atoms with van der Waals surface area (Å²) in [7, 11) is 4.16. The predicted octanol–water partition coefficient (Wildman–Crippen LogP) is 3.90. The molecule has 0 aliphatic carbocycles. The predicted molar refractivity (Wildman–Crippen MR) is 106 cm³/mol. The monoisotopic (exact) mass is 368 g/mol. The lowest BCUT2D eigenvalue weighted by molar-refractivity contribution is -0.0596. The second-order valence-corrected chi connectivity index (χ2v) is 8.56. The molecule has 2 heterocycles. The second-order valence-electron chi connectivity index (χ2n) is 8.56. The van der Waals surface area contributed by atoms with Gasteiger partial charge >= 0.3 is 0 Å². The van der Waals surface area contributed by atoms with Crippen molar-refractivity contribution in [2.45, 2.75) is 56.5 Å². The average Bonchev–Trinajstić information content (AvgIpc) is 2.86. The van der Waals surface area contributed by atoms with Crippen molar-refractivity contribution in [3.05, 3.63) is 71.0 Å². The van der Waals surface area contributed by atoms with Crippen LogP contribution in [0.2, 0.25) is 0 Å². The number of halogens is 1. The minimum Gasteiger partial charge on any atom is -0.385 e. The zero-order chi connectivity index (χ0) is 19.0. The molecule has 3 atom stereocenters. The summed E-state index contributed by atoms with van der Waals surface area (Å²) < 4.78 is 13.7. The van der Waals surface area contributed by atoms with Crippen molar-refractivity contribution >= 4 is 0 Å². The first-order chi connectivity index (χ1) is 12.9. The lowest BCUT2D eigenvalue weighted by Gasteiger charge is -2.44. The van der Waals surface area contributed by atoms with Gasteiger partial charge in [0.25, 0.3) is 0 Å². The second kappa shape index (κ2) is 7.34. The van der Waals surface area contributed by atoms with Crippen molar-refractivity contribution < 1.29 is 9.50 Å². The third kappa shape index (κ3) is 3.93. The maximum absolute atomic E-state index is 13.7. The first-order valence-corrected chi connectivity index (χ1v) is 9.90. The molecule has 1 N–H and O–H groups in total. The molecule has 0 radical (unpaired) electrons. The molecular weight excluding hydrogens is 339 g/mol. The van der Waals surface area contributed by atoms with Crippen LogP contribution in [-0.4, -0.2) is 41.1 Å². The molecule has 2 aromatic rings. The van der Waals surface area contributed by atoms with E-state index in [1.54, 1.807) is 6.07 Å². The van der Waals surface area contributed by atoms with E-state index in [2.05, 4.69) is 48.2 Å².